The normalized spacial score (nSPS) is 15.0. The van der Waals surface area contributed by atoms with Crippen LogP contribution in [0.2, 0.25) is 0 Å². The molecule has 126 valence electrons. The molecule has 22 heavy (non-hydrogen) atoms. The molecule has 1 unspecified atom stereocenters. The number of nitrogens with one attached hydrogen (secondary N) is 1. The molecule has 1 atom stereocenters. The van der Waals surface area contributed by atoms with Gasteiger partial charge in [0.1, 0.15) is 11.6 Å². The van der Waals surface area contributed by atoms with E-state index in [1.54, 1.807) is 13.2 Å². The Kier molecular flexibility index (Phi) is 11.1. The summed E-state index contributed by atoms with van der Waals surface area (Å²) in [6.45, 7) is 9.17. The van der Waals surface area contributed by atoms with E-state index >= 15 is 0 Å². The molecule has 3 N–H and O–H groups in total. The van der Waals surface area contributed by atoms with Gasteiger partial charge in [0, 0.05) is 20.1 Å². The highest BCUT2D eigenvalue weighted by Gasteiger charge is 2.19. The minimum atomic E-state index is -1.51. The number of benzene rings is 1. The van der Waals surface area contributed by atoms with Gasteiger partial charge < -0.3 is 15.2 Å². The minimum absolute atomic E-state index is 0.226. The first-order valence-electron chi connectivity index (χ1n) is 7.50. The van der Waals surface area contributed by atoms with E-state index < -0.39 is 11.2 Å². The summed E-state index contributed by atoms with van der Waals surface area (Å²) in [5.74, 6) is 0.860. The fourth-order valence-corrected chi connectivity index (χ4v) is 2.31. The molecule has 0 radical (unpaired) electrons. The van der Waals surface area contributed by atoms with Crippen LogP contribution in [0.5, 0.6) is 5.75 Å². The highest BCUT2D eigenvalue weighted by atomic mass is 32.2. The van der Waals surface area contributed by atoms with Gasteiger partial charge in [0.15, 0.2) is 0 Å². The Morgan fingerprint density at radius 2 is 1.91 bits per heavy atom. The zero-order valence-electron chi connectivity index (χ0n) is 14.0. The highest BCUT2D eigenvalue weighted by Crippen LogP contribution is 2.29. The number of anilines is 1. The Labute approximate surface area is 135 Å². The standard InChI is InChI=1S/C11H15N3O3S.2C2H6/c1-16-6-3-7-17-9-5-2-4-8-10(9)11(12)14-18(15)13-8;2*1-2/h2,4-5,13H,3,6-7H2,1H3,(H2,12,14);2*1-2H3. The molecule has 6 nitrogen and oxygen atoms in total. The Balaban J connectivity index is 0.00000102. The van der Waals surface area contributed by atoms with Gasteiger partial charge in [0.05, 0.1) is 17.9 Å². The quantitative estimate of drug-likeness (QED) is 0.813. The monoisotopic (exact) mass is 329 g/mol. The van der Waals surface area contributed by atoms with Crippen molar-refractivity contribution in [2.45, 2.75) is 34.1 Å². The largest absolute Gasteiger partial charge is 0.493 e. The molecule has 0 aromatic heterocycles. The first-order chi connectivity index (χ1) is 10.7. The Bertz CT molecular complexity index is 493. The van der Waals surface area contributed by atoms with E-state index in [0.29, 0.717) is 30.2 Å². The zero-order valence-corrected chi connectivity index (χ0v) is 14.8. The van der Waals surface area contributed by atoms with E-state index in [0.717, 1.165) is 6.42 Å². The van der Waals surface area contributed by atoms with Crippen LogP contribution in [0.25, 0.3) is 0 Å². The van der Waals surface area contributed by atoms with Crippen LogP contribution < -0.4 is 15.2 Å². The first kappa shape index (κ1) is 20.4. The number of nitrogens with two attached hydrogens (primary N) is 1. The van der Waals surface area contributed by atoms with E-state index in [4.69, 9.17) is 15.2 Å². The molecule has 1 aliphatic heterocycles. The molecule has 0 bridgehead atoms. The van der Waals surface area contributed by atoms with E-state index in [9.17, 15) is 4.21 Å². The van der Waals surface area contributed by atoms with Crippen LogP contribution in [0, 0.1) is 0 Å². The van der Waals surface area contributed by atoms with Gasteiger partial charge in [-0.2, -0.15) is 4.40 Å². The summed E-state index contributed by atoms with van der Waals surface area (Å²) >= 11 is -1.51. The van der Waals surface area contributed by atoms with Crippen LogP contribution in [-0.4, -0.2) is 30.4 Å². The average molecular weight is 329 g/mol. The third kappa shape index (κ3) is 6.03. The molecule has 1 aromatic carbocycles. The van der Waals surface area contributed by atoms with Gasteiger partial charge in [-0.05, 0) is 12.1 Å². The molecule has 0 fully saturated rings. The van der Waals surface area contributed by atoms with Crippen molar-refractivity contribution in [3.8, 4) is 5.75 Å². The Morgan fingerprint density at radius 1 is 1.23 bits per heavy atom. The SMILES string of the molecule is CC.CC.COCCCOc1cccc2c1C(N)=NS(=O)N2. The van der Waals surface area contributed by atoms with Crippen LogP contribution >= 0.6 is 0 Å². The molecule has 0 saturated carbocycles. The van der Waals surface area contributed by atoms with Crippen LogP contribution in [-0.2, 0) is 15.9 Å². The molecular formula is C15H27N3O3S. The number of hydrogen-bond donors (Lipinski definition) is 2. The lowest BCUT2D eigenvalue weighted by Crippen LogP contribution is -2.24. The molecule has 1 heterocycles. The molecule has 0 aliphatic carbocycles. The zero-order chi connectivity index (χ0) is 17.0. The molecule has 1 aromatic rings. The summed E-state index contributed by atoms with van der Waals surface area (Å²) in [6, 6.07) is 5.41. The maximum absolute atomic E-state index is 11.3. The van der Waals surface area contributed by atoms with Gasteiger partial charge in [-0.25, -0.2) is 4.21 Å². The molecular weight excluding hydrogens is 302 g/mol. The predicted octanol–water partition coefficient (Wildman–Crippen LogP) is 2.86. The Morgan fingerprint density at radius 3 is 2.55 bits per heavy atom. The number of nitrogens with zero attached hydrogens (tertiary/aromatic N) is 1. The van der Waals surface area contributed by atoms with Crippen LogP contribution in [0.3, 0.4) is 0 Å². The minimum Gasteiger partial charge on any atom is -0.493 e. The highest BCUT2D eigenvalue weighted by molar-refractivity contribution is 7.85. The van der Waals surface area contributed by atoms with Crippen LogP contribution in [0.15, 0.2) is 22.6 Å². The maximum atomic E-state index is 11.3. The second kappa shape index (κ2) is 12.0. The van der Waals surface area contributed by atoms with Crippen molar-refractivity contribution in [2.75, 3.05) is 25.0 Å². The van der Waals surface area contributed by atoms with Crippen molar-refractivity contribution in [3.05, 3.63) is 23.8 Å². The van der Waals surface area contributed by atoms with Gasteiger partial charge in [-0.15, -0.1) is 0 Å². The summed E-state index contributed by atoms with van der Waals surface area (Å²) in [4.78, 5) is 0. The van der Waals surface area contributed by atoms with Crippen LogP contribution in [0.1, 0.15) is 39.7 Å². The molecule has 7 heteroatoms. The topological polar surface area (TPSA) is 85.9 Å². The number of hydrogen-bond acceptors (Lipinski definition) is 4. The molecule has 1 aliphatic rings. The van der Waals surface area contributed by atoms with Crippen molar-refractivity contribution in [1.29, 1.82) is 0 Å². The molecule has 2 rings (SSSR count). The van der Waals surface area contributed by atoms with Crippen molar-refractivity contribution >= 4 is 22.7 Å². The van der Waals surface area contributed by atoms with Crippen LogP contribution in [0.4, 0.5) is 5.69 Å². The number of amidine groups is 1. The molecule has 0 saturated heterocycles. The predicted molar refractivity (Wildman–Crippen MR) is 93.6 cm³/mol. The van der Waals surface area contributed by atoms with Crippen molar-refractivity contribution < 1.29 is 13.7 Å². The third-order valence-corrected chi connectivity index (χ3v) is 3.17. The lowest BCUT2D eigenvalue weighted by molar-refractivity contribution is 0.172. The first-order valence-corrected chi connectivity index (χ1v) is 8.61. The van der Waals surface area contributed by atoms with E-state index in [1.165, 1.54) is 0 Å². The fourth-order valence-electron chi connectivity index (χ4n) is 1.64. The molecule has 0 spiro atoms. The Hall–Kier alpha value is -1.60. The number of fused-ring (bicyclic) bond motifs is 1. The summed E-state index contributed by atoms with van der Waals surface area (Å²) in [5, 5.41) is 0. The van der Waals surface area contributed by atoms with E-state index in [1.807, 2.05) is 39.8 Å². The van der Waals surface area contributed by atoms with Crippen molar-refractivity contribution in [3.63, 3.8) is 0 Å². The lowest BCUT2D eigenvalue weighted by atomic mass is 10.1. The summed E-state index contributed by atoms with van der Waals surface area (Å²) in [7, 11) is 1.65. The second-order valence-electron chi connectivity index (χ2n) is 3.70. The number of rotatable bonds is 5. The number of methoxy groups -OCH3 is 1. The average Bonchev–Trinajstić information content (AvgIpc) is 2.55. The molecule has 0 amide bonds. The summed E-state index contributed by atoms with van der Waals surface area (Å²) in [5.41, 5.74) is 7.11. The number of ether oxygens (including phenoxy) is 2. The third-order valence-electron chi connectivity index (χ3n) is 2.41. The van der Waals surface area contributed by atoms with Gasteiger partial charge in [0.25, 0.3) is 0 Å². The van der Waals surface area contributed by atoms with Gasteiger partial charge in [-0.1, -0.05) is 33.8 Å². The second-order valence-corrected chi connectivity index (χ2v) is 4.59. The van der Waals surface area contributed by atoms with Crippen molar-refractivity contribution in [1.82, 2.24) is 0 Å². The van der Waals surface area contributed by atoms with E-state index in [2.05, 4.69) is 9.12 Å². The van der Waals surface area contributed by atoms with Gasteiger partial charge in [-0.3, -0.25) is 4.72 Å². The van der Waals surface area contributed by atoms with Crippen molar-refractivity contribution in [2.24, 2.45) is 10.1 Å². The smallest absolute Gasteiger partial charge is 0.245 e. The fraction of sp³-hybridized carbons (Fsp3) is 0.533. The lowest BCUT2D eigenvalue weighted by Gasteiger charge is -2.18. The van der Waals surface area contributed by atoms with Gasteiger partial charge in [0.2, 0.25) is 11.2 Å². The summed E-state index contributed by atoms with van der Waals surface area (Å²) in [6.07, 6.45) is 0.788. The van der Waals surface area contributed by atoms with E-state index in [-0.39, 0.29) is 5.84 Å². The maximum Gasteiger partial charge on any atom is 0.245 e. The van der Waals surface area contributed by atoms with Gasteiger partial charge >= 0.3 is 0 Å². The summed E-state index contributed by atoms with van der Waals surface area (Å²) < 4.78 is 28.4.